The molecule has 0 radical (unpaired) electrons. The molecule has 154 valence electrons. The highest BCUT2D eigenvalue weighted by atomic mass is 16.4. The predicted octanol–water partition coefficient (Wildman–Crippen LogP) is 5.42. The predicted molar refractivity (Wildman–Crippen MR) is 118 cm³/mol. The van der Waals surface area contributed by atoms with E-state index in [9.17, 15) is 15.0 Å². The Morgan fingerprint density at radius 1 is 0.933 bits per heavy atom. The summed E-state index contributed by atoms with van der Waals surface area (Å²) in [4.78, 5) is 15.9. The molecule has 5 nitrogen and oxygen atoms in total. The quantitative estimate of drug-likeness (QED) is 0.512. The third kappa shape index (κ3) is 4.62. The van der Waals surface area contributed by atoms with Crippen molar-refractivity contribution in [2.75, 3.05) is 11.9 Å². The van der Waals surface area contributed by atoms with Crippen LogP contribution >= 0.6 is 0 Å². The van der Waals surface area contributed by atoms with Crippen LogP contribution in [0, 0.1) is 11.8 Å². The normalized spacial score (nSPS) is 18.7. The molecule has 5 heteroatoms. The third-order valence-electron chi connectivity index (χ3n) is 5.88. The molecule has 3 aromatic rings. The summed E-state index contributed by atoms with van der Waals surface area (Å²) >= 11 is 0. The van der Waals surface area contributed by atoms with E-state index in [4.69, 9.17) is 4.98 Å². The lowest BCUT2D eigenvalue weighted by molar-refractivity contribution is -0.143. The monoisotopic (exact) mass is 402 g/mol. The number of benzene rings is 2. The number of hydrogen-bond donors (Lipinski definition) is 3. The number of para-hydroxylation sites is 1. The molecular weight excluding hydrogens is 376 g/mol. The molecule has 0 aliphatic heterocycles. The maximum Gasteiger partial charge on any atom is 0.306 e. The lowest BCUT2D eigenvalue weighted by Gasteiger charge is -2.26. The van der Waals surface area contributed by atoms with Gasteiger partial charge >= 0.3 is 5.97 Å². The molecule has 1 aromatic heterocycles. The van der Waals surface area contributed by atoms with Gasteiger partial charge in [-0.3, -0.25) is 4.79 Å². The number of nitrogens with zero attached hydrogens (tertiary/aromatic N) is 1. The van der Waals surface area contributed by atoms with Crippen molar-refractivity contribution >= 4 is 11.8 Å². The van der Waals surface area contributed by atoms with E-state index in [1.807, 2.05) is 42.5 Å². The summed E-state index contributed by atoms with van der Waals surface area (Å²) in [5.41, 5.74) is 3.52. The van der Waals surface area contributed by atoms with E-state index >= 15 is 0 Å². The van der Waals surface area contributed by atoms with E-state index in [0.29, 0.717) is 17.2 Å². The van der Waals surface area contributed by atoms with Crippen LogP contribution in [0.4, 0.5) is 5.82 Å². The SMILES string of the molecule is O=C(O)C1CCC(CNc2cc(-c3ccccc3)cc(-c3ccccc3O)n2)CC1. The van der Waals surface area contributed by atoms with Crippen LogP contribution < -0.4 is 5.32 Å². The Balaban J connectivity index is 1.57. The first-order valence-electron chi connectivity index (χ1n) is 10.4. The van der Waals surface area contributed by atoms with Crippen molar-refractivity contribution in [1.82, 2.24) is 4.98 Å². The van der Waals surface area contributed by atoms with Gasteiger partial charge in [0.15, 0.2) is 0 Å². The van der Waals surface area contributed by atoms with Gasteiger partial charge in [0.25, 0.3) is 0 Å². The number of rotatable bonds is 6. The van der Waals surface area contributed by atoms with E-state index in [0.717, 1.165) is 49.2 Å². The van der Waals surface area contributed by atoms with Gasteiger partial charge in [-0.15, -0.1) is 0 Å². The van der Waals surface area contributed by atoms with Crippen molar-refractivity contribution in [3.8, 4) is 28.1 Å². The van der Waals surface area contributed by atoms with Crippen LogP contribution in [0.3, 0.4) is 0 Å². The summed E-state index contributed by atoms with van der Waals surface area (Å²) in [5, 5.41) is 23.0. The van der Waals surface area contributed by atoms with Crippen LogP contribution in [-0.2, 0) is 4.79 Å². The molecule has 1 aliphatic rings. The number of pyridine rings is 1. The minimum absolute atomic E-state index is 0.201. The lowest BCUT2D eigenvalue weighted by atomic mass is 9.82. The average Bonchev–Trinajstić information content (AvgIpc) is 2.78. The molecule has 0 spiro atoms. The molecule has 0 bridgehead atoms. The molecule has 0 saturated heterocycles. The van der Waals surface area contributed by atoms with Gasteiger partial charge in [0, 0.05) is 12.1 Å². The Hall–Kier alpha value is -3.34. The number of carbonyl (C=O) groups is 1. The van der Waals surface area contributed by atoms with Gasteiger partial charge in [-0.25, -0.2) is 4.98 Å². The fourth-order valence-electron chi connectivity index (χ4n) is 4.11. The standard InChI is InChI=1S/C25H26N2O3/c28-23-9-5-4-8-21(23)22-14-20(18-6-2-1-3-7-18)15-24(27-22)26-16-17-10-12-19(13-11-17)25(29)30/h1-9,14-15,17,19,28H,10-13,16H2,(H,26,27)(H,29,30). The first-order chi connectivity index (χ1) is 14.6. The van der Waals surface area contributed by atoms with Crippen molar-refractivity contribution in [3.63, 3.8) is 0 Å². The van der Waals surface area contributed by atoms with Crippen LogP contribution in [0.15, 0.2) is 66.7 Å². The number of anilines is 1. The number of hydrogen-bond acceptors (Lipinski definition) is 4. The molecule has 4 rings (SSSR count). The fraction of sp³-hybridized carbons (Fsp3) is 0.280. The van der Waals surface area contributed by atoms with Crippen molar-refractivity contribution in [2.24, 2.45) is 11.8 Å². The zero-order chi connectivity index (χ0) is 20.9. The number of nitrogens with one attached hydrogen (secondary N) is 1. The summed E-state index contributed by atoms with van der Waals surface area (Å²) in [6, 6.07) is 21.3. The highest BCUT2D eigenvalue weighted by Gasteiger charge is 2.25. The molecule has 2 aromatic carbocycles. The topological polar surface area (TPSA) is 82.5 Å². The number of carboxylic acids is 1. The van der Waals surface area contributed by atoms with E-state index in [1.165, 1.54) is 0 Å². The van der Waals surface area contributed by atoms with Gasteiger partial charge in [-0.05, 0) is 67.0 Å². The van der Waals surface area contributed by atoms with Gasteiger partial charge in [0.2, 0.25) is 0 Å². The van der Waals surface area contributed by atoms with E-state index in [2.05, 4.69) is 17.4 Å². The Morgan fingerprint density at radius 3 is 2.33 bits per heavy atom. The first-order valence-corrected chi connectivity index (χ1v) is 10.4. The van der Waals surface area contributed by atoms with Gasteiger partial charge in [0.1, 0.15) is 11.6 Å². The van der Waals surface area contributed by atoms with Crippen LogP contribution in [0.2, 0.25) is 0 Å². The molecule has 1 heterocycles. The third-order valence-corrected chi connectivity index (χ3v) is 5.88. The van der Waals surface area contributed by atoms with E-state index in [1.54, 1.807) is 12.1 Å². The summed E-state index contributed by atoms with van der Waals surface area (Å²) in [5.74, 6) is 0.527. The van der Waals surface area contributed by atoms with Crippen molar-refractivity contribution < 1.29 is 15.0 Å². The maximum atomic E-state index is 11.2. The number of phenols is 1. The smallest absolute Gasteiger partial charge is 0.306 e. The second-order valence-corrected chi connectivity index (χ2v) is 7.95. The van der Waals surface area contributed by atoms with Crippen molar-refractivity contribution in [2.45, 2.75) is 25.7 Å². The van der Waals surface area contributed by atoms with Gasteiger partial charge in [-0.2, -0.15) is 0 Å². The van der Waals surface area contributed by atoms with Crippen molar-refractivity contribution in [1.29, 1.82) is 0 Å². The number of carboxylic acid groups (broad SMARTS) is 1. The number of aliphatic carboxylic acids is 1. The van der Waals surface area contributed by atoms with Gasteiger partial charge in [0.05, 0.1) is 11.6 Å². The summed E-state index contributed by atoms with van der Waals surface area (Å²) in [7, 11) is 0. The van der Waals surface area contributed by atoms with E-state index < -0.39 is 5.97 Å². The second kappa shape index (κ2) is 8.99. The largest absolute Gasteiger partial charge is 0.507 e. The van der Waals surface area contributed by atoms with Crippen molar-refractivity contribution in [3.05, 3.63) is 66.7 Å². The van der Waals surface area contributed by atoms with Gasteiger partial charge < -0.3 is 15.5 Å². The molecule has 1 fully saturated rings. The Morgan fingerprint density at radius 2 is 1.63 bits per heavy atom. The highest BCUT2D eigenvalue weighted by Crippen LogP contribution is 2.33. The second-order valence-electron chi connectivity index (χ2n) is 7.95. The Bertz CT molecular complexity index is 1010. The van der Waals surface area contributed by atoms with Crippen LogP contribution in [0.1, 0.15) is 25.7 Å². The van der Waals surface area contributed by atoms with Crippen LogP contribution in [0.25, 0.3) is 22.4 Å². The molecule has 1 aliphatic carbocycles. The minimum atomic E-state index is -0.675. The summed E-state index contributed by atoms with van der Waals surface area (Å²) in [6.45, 7) is 0.762. The van der Waals surface area contributed by atoms with Gasteiger partial charge in [-0.1, -0.05) is 42.5 Å². The summed E-state index contributed by atoms with van der Waals surface area (Å²) < 4.78 is 0. The molecule has 0 unspecified atom stereocenters. The Kier molecular flexibility index (Phi) is 5.98. The Labute approximate surface area is 176 Å². The zero-order valence-electron chi connectivity index (χ0n) is 16.8. The molecular formula is C25H26N2O3. The first kappa shape index (κ1) is 20.0. The number of aromatic nitrogens is 1. The molecule has 3 N–H and O–H groups in total. The highest BCUT2D eigenvalue weighted by molar-refractivity contribution is 5.76. The lowest BCUT2D eigenvalue weighted by Crippen LogP contribution is -2.25. The average molecular weight is 402 g/mol. The maximum absolute atomic E-state index is 11.2. The molecule has 0 atom stereocenters. The molecule has 1 saturated carbocycles. The molecule has 0 amide bonds. The fourth-order valence-corrected chi connectivity index (χ4v) is 4.11. The minimum Gasteiger partial charge on any atom is -0.507 e. The van der Waals surface area contributed by atoms with E-state index in [-0.39, 0.29) is 11.7 Å². The molecule has 30 heavy (non-hydrogen) atoms. The zero-order valence-corrected chi connectivity index (χ0v) is 16.8. The number of aromatic hydroxyl groups is 1. The number of phenolic OH excluding ortho intramolecular Hbond substituents is 1. The van der Waals surface area contributed by atoms with Crippen LogP contribution in [0.5, 0.6) is 5.75 Å². The van der Waals surface area contributed by atoms with Crippen LogP contribution in [-0.4, -0.2) is 27.7 Å². The summed E-state index contributed by atoms with van der Waals surface area (Å²) in [6.07, 6.45) is 3.30.